The van der Waals surface area contributed by atoms with Crippen LogP contribution in [-0.2, 0) is 86.0 Å². The molecule has 0 spiro atoms. The second-order valence-electron chi connectivity index (χ2n) is 12.6. The molecule has 3 aliphatic rings. The molecule has 3 fully saturated rings. The van der Waals surface area contributed by atoms with Crippen LogP contribution in [0.25, 0.3) is 0 Å². The zero-order valence-corrected chi connectivity index (χ0v) is 32.2. The van der Waals surface area contributed by atoms with Gasteiger partial charge in [-0.1, -0.05) is 0 Å². The van der Waals surface area contributed by atoms with Crippen LogP contribution in [0.4, 0.5) is 0 Å². The first-order valence-corrected chi connectivity index (χ1v) is 16.3. The molecule has 0 aromatic rings. The molecule has 63 heavy (non-hydrogen) atoms. The van der Waals surface area contributed by atoms with Crippen molar-refractivity contribution in [2.45, 2.75) is 0 Å². The van der Waals surface area contributed by atoms with Crippen LogP contribution in [0.3, 0.4) is 0 Å². The summed E-state index contributed by atoms with van der Waals surface area (Å²) in [5.41, 5.74) is 0. The SMILES string of the molecule is N.N.N.O=C(O)C[N+]1(CC(=O)O)CC(=O)OCCOC(=O)C1.O=C(O)C[N+]1(CC(=O)O)CC(=O)OCCOC(=O)C1.O=C(O)C[N+]1(CC(=O)O)CC(=O)OCCOC(=O)C1.[KH].[KH].[KH]. The Kier molecular flexibility index (Phi) is 42.2. The van der Waals surface area contributed by atoms with Crippen LogP contribution in [0.15, 0.2) is 0 Å². The van der Waals surface area contributed by atoms with Crippen molar-refractivity contribution in [1.82, 2.24) is 18.5 Å². The maximum atomic E-state index is 11.5. The summed E-state index contributed by atoms with van der Waals surface area (Å²) in [4.78, 5) is 134. The Bertz CT molecular complexity index is 1310. The van der Waals surface area contributed by atoms with Crippen molar-refractivity contribution in [2.24, 2.45) is 0 Å². The fourth-order valence-electron chi connectivity index (χ4n) is 5.58. The zero-order chi connectivity index (χ0) is 43.4. The van der Waals surface area contributed by atoms with E-state index in [-0.39, 0.29) is 212 Å². The van der Waals surface area contributed by atoms with E-state index >= 15 is 0 Å². The van der Waals surface area contributed by atoms with Crippen molar-refractivity contribution in [1.29, 1.82) is 0 Å². The van der Waals surface area contributed by atoms with E-state index in [0.717, 1.165) is 0 Å². The van der Waals surface area contributed by atoms with Gasteiger partial charge in [0.2, 0.25) is 0 Å². The number of quaternary nitrogens is 3. The van der Waals surface area contributed by atoms with Crippen molar-refractivity contribution in [2.75, 3.05) is 118 Å². The fraction of sp³-hybridized carbons (Fsp3) is 0.600. The van der Waals surface area contributed by atoms with Crippen LogP contribution < -0.4 is 18.5 Å². The molecule has 30 nitrogen and oxygen atoms in total. The summed E-state index contributed by atoms with van der Waals surface area (Å²) < 4.78 is 26.0. The Balaban J connectivity index is -0.000000185. The Morgan fingerprint density at radius 2 is 0.429 bits per heavy atom. The van der Waals surface area contributed by atoms with Gasteiger partial charge in [0, 0.05) is 0 Å². The van der Waals surface area contributed by atoms with Gasteiger partial charge in [-0.05, 0) is 0 Å². The van der Waals surface area contributed by atoms with Gasteiger partial charge in [-0.3, -0.25) is 13.4 Å². The third-order valence-electron chi connectivity index (χ3n) is 7.44. The van der Waals surface area contributed by atoms with Crippen LogP contribution in [0.5, 0.6) is 0 Å². The number of cyclic esters (lactones) is 6. The predicted molar refractivity (Wildman–Crippen MR) is 207 cm³/mol. The van der Waals surface area contributed by atoms with Crippen molar-refractivity contribution >= 4 is 226 Å². The Labute approximate surface area is 485 Å². The molecule has 0 aliphatic carbocycles. The van der Waals surface area contributed by atoms with E-state index in [4.69, 9.17) is 59.1 Å². The molecule has 0 atom stereocenters. The van der Waals surface area contributed by atoms with Crippen molar-refractivity contribution in [3.8, 4) is 0 Å². The quantitative estimate of drug-likeness (QED) is 0.0380. The average Bonchev–Trinajstić information content (AvgIpc) is 3.15. The standard InChI is InChI=1S/3C10H13NO8.3K.3H3N.3H/c3*12-7(13)3-11(4-8(14)15)5-9(16)18-1-2-19-10(17)6-11;;;;;;;;;/h3*1-6H2,(H-,12,13,14,15);;;;3*1H3;;;/p+3. The van der Waals surface area contributed by atoms with Crippen LogP contribution >= 0.6 is 0 Å². The minimum absolute atomic E-state index is 0. The molecule has 0 aromatic carbocycles. The van der Waals surface area contributed by atoms with Crippen molar-refractivity contribution in [3.63, 3.8) is 0 Å². The number of carboxylic acid groups (broad SMARTS) is 6. The van der Waals surface area contributed by atoms with Gasteiger partial charge in [0.15, 0.2) is 78.5 Å². The second-order valence-corrected chi connectivity index (χ2v) is 12.6. The number of carboxylic acids is 6. The van der Waals surface area contributed by atoms with E-state index in [9.17, 15) is 57.5 Å². The van der Waals surface area contributed by atoms with E-state index in [1.165, 1.54) is 0 Å². The Morgan fingerprint density at radius 1 is 0.317 bits per heavy atom. The second kappa shape index (κ2) is 36.4. The maximum absolute atomic E-state index is 11.5. The minimum atomic E-state index is -1.32. The van der Waals surface area contributed by atoms with Crippen LogP contribution in [0.1, 0.15) is 0 Å². The number of aliphatic carboxylic acids is 6. The molecule has 33 heteroatoms. The number of ether oxygens (including phenoxy) is 6. The molecule has 3 rings (SSSR count). The van der Waals surface area contributed by atoms with E-state index in [2.05, 4.69) is 0 Å². The number of rotatable bonds is 12. The van der Waals surface area contributed by atoms with Gasteiger partial charge in [0.1, 0.15) is 39.6 Å². The van der Waals surface area contributed by atoms with E-state index in [1.807, 2.05) is 0 Å². The third-order valence-corrected chi connectivity index (χ3v) is 7.44. The molecule has 0 saturated carbocycles. The van der Waals surface area contributed by atoms with Crippen molar-refractivity contribution in [3.05, 3.63) is 0 Å². The normalized spacial score (nSPS) is 17.5. The number of hydrogen-bond acceptors (Lipinski definition) is 21. The van der Waals surface area contributed by atoms with Gasteiger partial charge in [-0.15, -0.1) is 0 Å². The van der Waals surface area contributed by atoms with E-state index < -0.39 is 164 Å². The molecule has 3 heterocycles. The summed E-state index contributed by atoms with van der Waals surface area (Å²) in [5, 5.41) is 53.0. The van der Waals surface area contributed by atoms with Gasteiger partial charge in [0.05, 0.1) is 0 Å². The Hall–Kier alpha value is -1.69. The summed E-state index contributed by atoms with van der Waals surface area (Å²) in [5.74, 6) is -12.5. The summed E-state index contributed by atoms with van der Waals surface area (Å²) in [6, 6.07) is 0. The van der Waals surface area contributed by atoms with Crippen LogP contribution in [-0.4, -0.2) is 388 Å². The number of carbonyl (C=O) groups is 12. The molecule has 0 amide bonds. The summed E-state index contributed by atoms with van der Waals surface area (Å²) in [7, 11) is 0. The fourth-order valence-corrected chi connectivity index (χ4v) is 5.58. The van der Waals surface area contributed by atoms with E-state index in [0.29, 0.717) is 0 Å². The van der Waals surface area contributed by atoms with Gasteiger partial charge in [-0.2, -0.15) is 0 Å². The first-order valence-electron chi connectivity index (χ1n) is 16.3. The average molecular weight is 1000 g/mol. The molecule has 3 aliphatic heterocycles. The molecule has 348 valence electrons. The first-order chi connectivity index (χ1) is 26.5. The van der Waals surface area contributed by atoms with E-state index in [1.54, 1.807) is 0 Å². The molecule has 0 unspecified atom stereocenters. The van der Waals surface area contributed by atoms with Gasteiger partial charge >= 0.3 is 226 Å². The third kappa shape index (κ3) is 32.6. The topological polar surface area (TPSA) is 487 Å². The Morgan fingerprint density at radius 3 is 0.524 bits per heavy atom. The van der Waals surface area contributed by atoms with Crippen LogP contribution in [0, 0.1) is 0 Å². The van der Waals surface area contributed by atoms with Gasteiger partial charge in [-0.25, -0.2) is 57.5 Å². The molecule has 15 N–H and O–H groups in total. The summed E-state index contributed by atoms with van der Waals surface area (Å²) in [6.07, 6.45) is 0. The zero-order valence-electron chi connectivity index (χ0n) is 32.2. The molecule has 3 saturated heterocycles. The summed E-state index contributed by atoms with van der Waals surface area (Å²) in [6.45, 7) is -7.95. The predicted octanol–water partition coefficient (Wildman–Crippen LogP) is -7.24. The number of hydrogen-bond donors (Lipinski definition) is 9. The molecule has 0 bridgehead atoms. The number of esters is 6. The van der Waals surface area contributed by atoms with Crippen LogP contribution in [0.2, 0.25) is 0 Å². The summed E-state index contributed by atoms with van der Waals surface area (Å²) >= 11 is 0. The van der Waals surface area contributed by atoms with Crippen molar-refractivity contribution < 1.29 is 130 Å². The molecular formula is C30H54K3N6O24+3. The number of nitrogens with zero attached hydrogens (tertiary/aromatic N) is 3. The first kappa shape index (κ1) is 72.9. The number of carbonyl (C=O) groups excluding carboxylic acids is 6. The van der Waals surface area contributed by atoms with Gasteiger partial charge in [0.25, 0.3) is 0 Å². The molecule has 0 radical (unpaired) electrons. The van der Waals surface area contributed by atoms with Gasteiger partial charge < -0.3 is 77.5 Å². The molecule has 0 aromatic heterocycles. The monoisotopic (exact) mass is 999 g/mol. The molecular weight excluding hydrogens is 946 g/mol.